The van der Waals surface area contributed by atoms with Crippen LogP contribution in [0.2, 0.25) is 0 Å². The van der Waals surface area contributed by atoms with Crippen LogP contribution in [0.4, 0.5) is 5.82 Å². The number of rotatable bonds is 4. The molecule has 1 aromatic heterocycles. The van der Waals surface area contributed by atoms with Crippen molar-refractivity contribution in [3.8, 4) is 0 Å². The molecule has 1 rings (SSSR count). The number of anilines is 1. The van der Waals surface area contributed by atoms with Crippen molar-refractivity contribution in [1.29, 1.82) is 0 Å². The third-order valence-electron chi connectivity index (χ3n) is 2.14. The van der Waals surface area contributed by atoms with Gasteiger partial charge in [-0.05, 0) is 19.3 Å². The summed E-state index contributed by atoms with van der Waals surface area (Å²) >= 11 is 0. The summed E-state index contributed by atoms with van der Waals surface area (Å²) in [6.45, 7) is 5.94. The molecule has 15 heavy (non-hydrogen) atoms. The molecule has 4 N–H and O–H groups in total. The number of nitrogens with two attached hydrogens (primary N) is 1. The monoisotopic (exact) mass is 210 g/mol. The van der Waals surface area contributed by atoms with Gasteiger partial charge in [-0.3, -0.25) is 9.89 Å². The number of amides is 1. The molecule has 0 unspecified atom stereocenters. The maximum Gasteiger partial charge on any atom is 0.242 e. The number of nitrogens with zero attached hydrogens (tertiary/aromatic N) is 1. The van der Waals surface area contributed by atoms with Crippen molar-refractivity contribution in [2.24, 2.45) is 11.7 Å². The first-order valence-corrected chi connectivity index (χ1v) is 5.07. The van der Waals surface area contributed by atoms with E-state index >= 15 is 0 Å². The van der Waals surface area contributed by atoms with E-state index in [2.05, 4.69) is 15.5 Å². The molecule has 0 aliphatic rings. The Kier molecular flexibility index (Phi) is 3.85. The van der Waals surface area contributed by atoms with Crippen LogP contribution in [0.25, 0.3) is 0 Å². The number of aromatic nitrogens is 2. The number of aryl methyl sites for hydroxylation is 1. The summed E-state index contributed by atoms with van der Waals surface area (Å²) in [6.07, 6.45) is 2.34. The van der Waals surface area contributed by atoms with E-state index in [0.717, 1.165) is 5.56 Å². The minimum atomic E-state index is -0.465. The van der Waals surface area contributed by atoms with E-state index in [1.54, 1.807) is 6.20 Å². The molecule has 0 fully saturated rings. The second kappa shape index (κ2) is 4.93. The minimum absolute atomic E-state index is 0.170. The van der Waals surface area contributed by atoms with Crippen LogP contribution in [-0.2, 0) is 4.79 Å². The number of aromatic amines is 1. The van der Waals surface area contributed by atoms with Crippen molar-refractivity contribution >= 4 is 11.7 Å². The van der Waals surface area contributed by atoms with E-state index in [-0.39, 0.29) is 5.91 Å². The summed E-state index contributed by atoms with van der Waals surface area (Å²) in [4.78, 5) is 11.6. The number of carbonyl (C=O) groups is 1. The Morgan fingerprint density at radius 3 is 2.80 bits per heavy atom. The van der Waals surface area contributed by atoms with E-state index in [0.29, 0.717) is 18.2 Å². The number of H-pyrrole nitrogens is 1. The molecule has 0 saturated carbocycles. The van der Waals surface area contributed by atoms with E-state index in [1.807, 2.05) is 20.8 Å². The normalized spacial score (nSPS) is 12.9. The first-order chi connectivity index (χ1) is 7.00. The molecule has 5 nitrogen and oxygen atoms in total. The molecule has 0 radical (unpaired) electrons. The van der Waals surface area contributed by atoms with Crippen molar-refractivity contribution in [2.75, 3.05) is 5.32 Å². The molecule has 5 heteroatoms. The smallest absolute Gasteiger partial charge is 0.242 e. The van der Waals surface area contributed by atoms with Crippen molar-refractivity contribution in [1.82, 2.24) is 10.2 Å². The highest BCUT2D eigenvalue weighted by Gasteiger charge is 2.16. The van der Waals surface area contributed by atoms with Gasteiger partial charge in [0.05, 0.1) is 12.2 Å². The lowest BCUT2D eigenvalue weighted by Gasteiger charge is -2.13. The summed E-state index contributed by atoms with van der Waals surface area (Å²) < 4.78 is 0. The third-order valence-corrected chi connectivity index (χ3v) is 2.14. The first kappa shape index (κ1) is 11.7. The maximum absolute atomic E-state index is 11.6. The summed E-state index contributed by atoms with van der Waals surface area (Å²) in [5.74, 6) is 0.865. The molecule has 0 bridgehead atoms. The van der Waals surface area contributed by atoms with Crippen molar-refractivity contribution in [3.63, 3.8) is 0 Å². The van der Waals surface area contributed by atoms with E-state index in [9.17, 15) is 4.79 Å². The van der Waals surface area contributed by atoms with E-state index in [1.165, 1.54) is 0 Å². The largest absolute Gasteiger partial charge is 0.320 e. The van der Waals surface area contributed by atoms with Gasteiger partial charge in [0.25, 0.3) is 0 Å². The predicted molar refractivity (Wildman–Crippen MR) is 59.4 cm³/mol. The standard InChI is InChI=1S/C10H18N4O/c1-6(2)4-8(11)10(15)13-9-7(3)5-12-14-9/h5-6,8H,4,11H2,1-3H3,(H2,12,13,14,15)/t8-/m1/s1. The van der Waals surface area contributed by atoms with Crippen LogP contribution in [0.1, 0.15) is 25.8 Å². The van der Waals surface area contributed by atoms with Crippen LogP contribution in [0.5, 0.6) is 0 Å². The van der Waals surface area contributed by atoms with Crippen LogP contribution >= 0.6 is 0 Å². The molecule has 0 aliphatic heterocycles. The quantitative estimate of drug-likeness (QED) is 0.694. The minimum Gasteiger partial charge on any atom is -0.320 e. The second-order valence-corrected chi connectivity index (χ2v) is 4.15. The predicted octanol–water partition coefficient (Wildman–Crippen LogP) is 1.03. The number of carbonyl (C=O) groups excluding carboxylic acids is 1. The zero-order valence-corrected chi connectivity index (χ0v) is 9.37. The van der Waals surface area contributed by atoms with Crippen LogP contribution in [0.3, 0.4) is 0 Å². The average molecular weight is 210 g/mol. The van der Waals surface area contributed by atoms with Gasteiger partial charge in [-0.2, -0.15) is 5.10 Å². The van der Waals surface area contributed by atoms with Gasteiger partial charge in [0.2, 0.25) is 5.91 Å². The fourth-order valence-corrected chi connectivity index (χ4v) is 1.30. The van der Waals surface area contributed by atoms with Gasteiger partial charge in [-0.1, -0.05) is 13.8 Å². The number of hydrogen-bond donors (Lipinski definition) is 3. The lowest BCUT2D eigenvalue weighted by molar-refractivity contribution is -0.117. The van der Waals surface area contributed by atoms with E-state index < -0.39 is 6.04 Å². The molecule has 1 heterocycles. The molecule has 0 aliphatic carbocycles. The Balaban J connectivity index is 2.52. The average Bonchev–Trinajstić information content (AvgIpc) is 2.50. The zero-order chi connectivity index (χ0) is 11.4. The topological polar surface area (TPSA) is 83.8 Å². The summed E-state index contributed by atoms with van der Waals surface area (Å²) in [7, 11) is 0. The van der Waals surface area contributed by atoms with E-state index in [4.69, 9.17) is 5.73 Å². The highest BCUT2D eigenvalue weighted by Crippen LogP contribution is 2.10. The van der Waals surface area contributed by atoms with Gasteiger partial charge in [-0.25, -0.2) is 0 Å². The maximum atomic E-state index is 11.6. The van der Waals surface area contributed by atoms with Gasteiger partial charge in [0.15, 0.2) is 0 Å². The lowest BCUT2D eigenvalue weighted by atomic mass is 10.0. The molecule has 84 valence electrons. The van der Waals surface area contributed by atoms with Crippen molar-refractivity contribution in [3.05, 3.63) is 11.8 Å². The van der Waals surface area contributed by atoms with Crippen LogP contribution in [0.15, 0.2) is 6.20 Å². The molecule has 0 saturated heterocycles. The SMILES string of the molecule is Cc1cn[nH]c1NC(=O)[C@H](N)CC(C)C. The summed E-state index contributed by atoms with van der Waals surface area (Å²) in [6, 6.07) is -0.465. The molecular formula is C10H18N4O. The van der Waals surface area contributed by atoms with Gasteiger partial charge in [-0.15, -0.1) is 0 Å². The Morgan fingerprint density at radius 2 is 2.33 bits per heavy atom. The highest BCUT2D eigenvalue weighted by atomic mass is 16.2. The number of nitrogens with one attached hydrogen (secondary N) is 2. The Hall–Kier alpha value is -1.36. The van der Waals surface area contributed by atoms with Gasteiger partial charge in [0, 0.05) is 5.56 Å². The van der Waals surface area contributed by atoms with Crippen molar-refractivity contribution in [2.45, 2.75) is 33.2 Å². The van der Waals surface area contributed by atoms with Gasteiger partial charge < -0.3 is 11.1 Å². The van der Waals surface area contributed by atoms with Crippen molar-refractivity contribution < 1.29 is 4.79 Å². The van der Waals surface area contributed by atoms with Gasteiger partial charge >= 0.3 is 0 Å². The molecular weight excluding hydrogens is 192 g/mol. The molecule has 0 aromatic carbocycles. The highest BCUT2D eigenvalue weighted by molar-refractivity contribution is 5.94. The fourth-order valence-electron chi connectivity index (χ4n) is 1.30. The molecule has 0 spiro atoms. The third kappa shape index (κ3) is 3.36. The summed E-state index contributed by atoms with van der Waals surface area (Å²) in [5.41, 5.74) is 6.64. The zero-order valence-electron chi connectivity index (χ0n) is 9.37. The van der Waals surface area contributed by atoms with Crippen LogP contribution < -0.4 is 11.1 Å². The Morgan fingerprint density at radius 1 is 1.67 bits per heavy atom. The Bertz CT molecular complexity index is 332. The first-order valence-electron chi connectivity index (χ1n) is 5.07. The molecule has 1 atom stereocenters. The summed E-state index contributed by atoms with van der Waals surface area (Å²) in [5, 5.41) is 9.23. The lowest BCUT2D eigenvalue weighted by Crippen LogP contribution is -2.36. The molecule has 1 amide bonds. The molecule has 1 aromatic rings. The number of hydrogen-bond acceptors (Lipinski definition) is 3. The second-order valence-electron chi connectivity index (χ2n) is 4.15. The fraction of sp³-hybridized carbons (Fsp3) is 0.600. The van der Waals surface area contributed by atoms with Crippen LogP contribution in [0, 0.1) is 12.8 Å². The van der Waals surface area contributed by atoms with Gasteiger partial charge in [0.1, 0.15) is 5.82 Å². The Labute approximate surface area is 89.4 Å². The van der Waals surface area contributed by atoms with Crippen LogP contribution in [-0.4, -0.2) is 22.1 Å².